The van der Waals surface area contributed by atoms with Gasteiger partial charge in [0.05, 0.1) is 18.2 Å². The van der Waals surface area contributed by atoms with Gasteiger partial charge >= 0.3 is 0 Å². The Labute approximate surface area is 117 Å². The molecule has 1 heterocycles. The van der Waals surface area contributed by atoms with Gasteiger partial charge in [-0.25, -0.2) is 0 Å². The highest BCUT2D eigenvalue weighted by Gasteiger charge is 2.30. The molecule has 1 amide bonds. The molecule has 0 saturated carbocycles. The van der Waals surface area contributed by atoms with Crippen LogP contribution in [0.15, 0.2) is 36.4 Å². The first-order valence-electron chi connectivity index (χ1n) is 6.85. The topological polar surface area (TPSA) is 60.8 Å². The third-order valence-electron chi connectivity index (χ3n) is 3.98. The second-order valence-electron chi connectivity index (χ2n) is 5.16. The van der Waals surface area contributed by atoms with Crippen molar-refractivity contribution in [2.45, 2.75) is 18.9 Å². The van der Waals surface area contributed by atoms with Gasteiger partial charge in [0.25, 0.3) is 5.91 Å². The fourth-order valence-electron chi connectivity index (χ4n) is 2.88. The Balaban J connectivity index is 2.01. The number of carbonyl (C=O) groups is 1. The van der Waals surface area contributed by atoms with E-state index in [1.54, 1.807) is 17.0 Å². The van der Waals surface area contributed by atoms with Crippen molar-refractivity contribution in [2.75, 3.05) is 13.2 Å². The fraction of sp³-hybridized carbons (Fsp3) is 0.312. The lowest BCUT2D eigenvalue weighted by Gasteiger charge is -2.23. The molecule has 104 valence electrons. The minimum absolute atomic E-state index is 0.0247. The normalized spacial score (nSPS) is 18.6. The summed E-state index contributed by atoms with van der Waals surface area (Å²) in [7, 11) is 0. The molecular formula is C16H17NO3. The third kappa shape index (κ3) is 2.02. The van der Waals surface area contributed by atoms with Gasteiger partial charge in [-0.2, -0.15) is 0 Å². The van der Waals surface area contributed by atoms with E-state index in [9.17, 15) is 15.0 Å². The van der Waals surface area contributed by atoms with Crippen LogP contribution in [0.25, 0.3) is 10.8 Å². The van der Waals surface area contributed by atoms with E-state index in [0.29, 0.717) is 17.5 Å². The van der Waals surface area contributed by atoms with E-state index in [2.05, 4.69) is 0 Å². The monoisotopic (exact) mass is 271 g/mol. The predicted octanol–water partition coefficient (Wildman–Crippen LogP) is 2.14. The minimum atomic E-state index is -0.204. The van der Waals surface area contributed by atoms with Crippen LogP contribution in [0.4, 0.5) is 0 Å². The number of rotatable bonds is 2. The lowest BCUT2D eigenvalue weighted by atomic mass is 10.0. The number of amides is 1. The summed E-state index contributed by atoms with van der Waals surface area (Å²) in [6.07, 6.45) is 1.71. The Bertz CT molecular complexity index is 653. The lowest BCUT2D eigenvalue weighted by molar-refractivity contribution is 0.0675. The number of phenols is 1. The molecule has 0 bridgehead atoms. The summed E-state index contributed by atoms with van der Waals surface area (Å²) >= 11 is 0. The Morgan fingerprint density at radius 2 is 2.05 bits per heavy atom. The Morgan fingerprint density at radius 3 is 2.85 bits per heavy atom. The molecule has 2 aromatic rings. The van der Waals surface area contributed by atoms with E-state index < -0.39 is 0 Å². The van der Waals surface area contributed by atoms with Crippen molar-refractivity contribution >= 4 is 16.7 Å². The number of nitrogens with zero attached hydrogens (tertiary/aromatic N) is 1. The molecular weight excluding hydrogens is 254 g/mol. The number of carbonyl (C=O) groups excluding carboxylic acids is 1. The van der Waals surface area contributed by atoms with Crippen LogP contribution in [0.2, 0.25) is 0 Å². The molecule has 1 fully saturated rings. The molecule has 2 aromatic carbocycles. The van der Waals surface area contributed by atoms with Gasteiger partial charge in [-0.1, -0.05) is 30.3 Å². The first kappa shape index (κ1) is 12.9. The third-order valence-corrected chi connectivity index (χ3v) is 3.98. The zero-order valence-corrected chi connectivity index (χ0v) is 11.1. The van der Waals surface area contributed by atoms with Crippen LogP contribution in [0.3, 0.4) is 0 Å². The zero-order chi connectivity index (χ0) is 14.1. The fourth-order valence-corrected chi connectivity index (χ4v) is 2.88. The van der Waals surface area contributed by atoms with E-state index in [1.807, 2.05) is 24.3 Å². The van der Waals surface area contributed by atoms with Gasteiger partial charge in [-0.3, -0.25) is 4.79 Å². The first-order valence-corrected chi connectivity index (χ1v) is 6.85. The molecule has 1 aliphatic heterocycles. The molecule has 0 aromatic heterocycles. The summed E-state index contributed by atoms with van der Waals surface area (Å²) in [6.45, 7) is 0.608. The van der Waals surface area contributed by atoms with Crippen molar-refractivity contribution in [1.82, 2.24) is 4.90 Å². The summed E-state index contributed by atoms with van der Waals surface area (Å²) in [5.41, 5.74) is 0.309. The maximum Gasteiger partial charge on any atom is 0.257 e. The molecule has 0 spiro atoms. The number of likely N-dealkylation sites (tertiary alicyclic amines) is 1. The summed E-state index contributed by atoms with van der Waals surface area (Å²) in [6, 6.07) is 10.8. The van der Waals surface area contributed by atoms with Crippen molar-refractivity contribution in [3.8, 4) is 5.75 Å². The van der Waals surface area contributed by atoms with Crippen LogP contribution in [0, 0.1) is 0 Å². The lowest BCUT2D eigenvalue weighted by Crippen LogP contribution is -2.37. The highest BCUT2D eigenvalue weighted by molar-refractivity contribution is 6.03. The second kappa shape index (κ2) is 5.13. The molecule has 4 nitrogen and oxygen atoms in total. The van der Waals surface area contributed by atoms with Crippen molar-refractivity contribution in [3.63, 3.8) is 0 Å². The number of hydrogen-bond acceptors (Lipinski definition) is 3. The summed E-state index contributed by atoms with van der Waals surface area (Å²) in [5.74, 6) is -0.179. The van der Waals surface area contributed by atoms with Gasteiger partial charge in [-0.15, -0.1) is 0 Å². The van der Waals surface area contributed by atoms with Crippen LogP contribution >= 0.6 is 0 Å². The van der Waals surface area contributed by atoms with Crippen LogP contribution < -0.4 is 0 Å². The summed E-state index contributed by atoms with van der Waals surface area (Å²) in [4.78, 5) is 14.2. The van der Waals surface area contributed by atoms with Crippen LogP contribution in [0.5, 0.6) is 5.75 Å². The molecule has 20 heavy (non-hydrogen) atoms. The molecule has 0 aliphatic carbocycles. The van der Waals surface area contributed by atoms with Gasteiger partial charge in [0.15, 0.2) is 0 Å². The van der Waals surface area contributed by atoms with E-state index in [0.717, 1.165) is 18.2 Å². The molecule has 1 saturated heterocycles. The molecule has 4 heteroatoms. The van der Waals surface area contributed by atoms with Crippen LogP contribution in [-0.4, -0.2) is 40.2 Å². The van der Waals surface area contributed by atoms with E-state index in [1.165, 1.54) is 0 Å². The Morgan fingerprint density at radius 1 is 1.25 bits per heavy atom. The highest BCUT2D eigenvalue weighted by atomic mass is 16.3. The maximum atomic E-state index is 12.5. The maximum absolute atomic E-state index is 12.5. The van der Waals surface area contributed by atoms with Crippen LogP contribution in [-0.2, 0) is 0 Å². The standard InChI is InChI=1S/C16H17NO3/c18-10-12-5-3-9-17(12)16(20)14-8-7-11-4-1-2-6-13(11)15(14)19/h1-2,4,6-8,12,18-19H,3,5,9-10H2/t12-/m0/s1. The molecule has 0 radical (unpaired) electrons. The predicted molar refractivity (Wildman–Crippen MR) is 76.8 cm³/mol. The van der Waals surface area contributed by atoms with Gasteiger partial charge in [0.2, 0.25) is 0 Å². The molecule has 2 N–H and O–H groups in total. The quantitative estimate of drug-likeness (QED) is 0.879. The minimum Gasteiger partial charge on any atom is -0.506 e. The largest absolute Gasteiger partial charge is 0.506 e. The summed E-state index contributed by atoms with van der Waals surface area (Å²) in [5, 5.41) is 21.2. The van der Waals surface area contributed by atoms with Gasteiger partial charge in [0.1, 0.15) is 5.75 Å². The average molecular weight is 271 g/mol. The average Bonchev–Trinajstić information content (AvgIpc) is 2.96. The SMILES string of the molecule is O=C(c1ccc2ccccc2c1O)N1CCC[C@H]1CO. The number of phenolic OH excluding ortho intramolecular Hbond substituents is 1. The second-order valence-corrected chi connectivity index (χ2v) is 5.16. The number of benzene rings is 2. The molecule has 1 atom stereocenters. The Kier molecular flexibility index (Phi) is 3.32. The molecule has 1 aliphatic rings. The number of aliphatic hydroxyl groups is 1. The van der Waals surface area contributed by atoms with Crippen LogP contribution in [0.1, 0.15) is 23.2 Å². The Hall–Kier alpha value is -2.07. The molecule has 0 unspecified atom stereocenters. The van der Waals surface area contributed by atoms with Crippen molar-refractivity contribution < 1.29 is 15.0 Å². The number of fused-ring (bicyclic) bond motifs is 1. The van der Waals surface area contributed by atoms with E-state index >= 15 is 0 Å². The van der Waals surface area contributed by atoms with Crippen molar-refractivity contribution in [2.24, 2.45) is 0 Å². The van der Waals surface area contributed by atoms with Gasteiger partial charge in [-0.05, 0) is 24.3 Å². The number of hydrogen-bond donors (Lipinski definition) is 2. The van der Waals surface area contributed by atoms with Crippen molar-refractivity contribution in [3.05, 3.63) is 42.0 Å². The smallest absolute Gasteiger partial charge is 0.257 e. The van der Waals surface area contributed by atoms with E-state index in [-0.39, 0.29) is 24.3 Å². The summed E-state index contributed by atoms with van der Waals surface area (Å²) < 4.78 is 0. The first-order chi connectivity index (χ1) is 9.72. The van der Waals surface area contributed by atoms with Crippen molar-refractivity contribution in [1.29, 1.82) is 0 Å². The number of aliphatic hydroxyl groups excluding tert-OH is 1. The van der Waals surface area contributed by atoms with E-state index in [4.69, 9.17) is 0 Å². The number of aromatic hydroxyl groups is 1. The van der Waals surface area contributed by atoms with Gasteiger partial charge < -0.3 is 15.1 Å². The van der Waals surface area contributed by atoms with Gasteiger partial charge in [0, 0.05) is 11.9 Å². The molecule has 3 rings (SSSR count). The zero-order valence-electron chi connectivity index (χ0n) is 11.1. The highest BCUT2D eigenvalue weighted by Crippen LogP contribution is 2.31.